The molecule has 1 fully saturated rings. The van der Waals surface area contributed by atoms with Gasteiger partial charge in [-0.1, -0.05) is 60.2 Å². The molecule has 3 aromatic rings. The fraction of sp³-hybridized carbons (Fsp3) is 0.407. The van der Waals surface area contributed by atoms with Crippen LogP contribution in [0, 0.1) is 6.92 Å². The highest BCUT2D eigenvalue weighted by atomic mass is 32.1. The third kappa shape index (κ3) is 5.45. The Morgan fingerprint density at radius 3 is 2.25 bits per heavy atom. The second kappa shape index (κ2) is 8.80. The topological polar surface area (TPSA) is 54.0 Å². The number of aromatic nitrogens is 1. The van der Waals surface area contributed by atoms with Gasteiger partial charge in [0.2, 0.25) is 5.91 Å². The summed E-state index contributed by atoms with van der Waals surface area (Å²) in [5, 5.41) is 7.93. The number of rotatable bonds is 5. The van der Waals surface area contributed by atoms with Crippen LogP contribution in [0.4, 0.5) is 0 Å². The summed E-state index contributed by atoms with van der Waals surface area (Å²) in [5.74, 6) is 0.0433. The van der Waals surface area contributed by atoms with Gasteiger partial charge in [-0.3, -0.25) is 4.79 Å². The molecule has 0 spiro atoms. The van der Waals surface area contributed by atoms with Crippen LogP contribution >= 0.6 is 11.3 Å². The van der Waals surface area contributed by atoms with Gasteiger partial charge in [-0.15, -0.1) is 11.3 Å². The zero-order valence-corrected chi connectivity index (χ0v) is 20.5. The first-order chi connectivity index (χ1) is 15.1. The number of piperidine rings is 1. The minimum Gasteiger partial charge on any atom is -0.353 e. The van der Waals surface area contributed by atoms with Crippen LogP contribution in [0.15, 0.2) is 54.6 Å². The fourth-order valence-electron chi connectivity index (χ4n) is 4.96. The van der Waals surface area contributed by atoms with Crippen LogP contribution in [-0.4, -0.2) is 28.0 Å². The lowest BCUT2D eigenvalue weighted by molar-refractivity contribution is -0.121. The van der Waals surface area contributed by atoms with Gasteiger partial charge < -0.3 is 10.6 Å². The van der Waals surface area contributed by atoms with E-state index in [1.807, 2.05) is 18.2 Å². The van der Waals surface area contributed by atoms with Crippen molar-refractivity contribution in [3.63, 3.8) is 0 Å². The molecule has 0 aliphatic carbocycles. The third-order valence-electron chi connectivity index (χ3n) is 5.92. The zero-order chi connectivity index (χ0) is 22.9. The first-order valence-electron chi connectivity index (χ1n) is 11.3. The number of nitrogens with one attached hydrogen (secondary N) is 2. The van der Waals surface area contributed by atoms with Crippen molar-refractivity contribution in [3.05, 3.63) is 65.9 Å². The van der Waals surface area contributed by atoms with E-state index in [2.05, 4.69) is 81.7 Å². The second-order valence-electron chi connectivity index (χ2n) is 10.3. The van der Waals surface area contributed by atoms with E-state index in [1.54, 1.807) is 11.3 Å². The monoisotopic (exact) mass is 447 g/mol. The highest BCUT2D eigenvalue weighted by Crippen LogP contribution is 2.36. The molecule has 0 atom stereocenters. The molecule has 2 heterocycles. The molecule has 4 rings (SSSR count). The predicted octanol–water partition coefficient (Wildman–Crippen LogP) is 5.75. The number of amides is 1. The Kier molecular flexibility index (Phi) is 6.24. The van der Waals surface area contributed by atoms with E-state index in [0.29, 0.717) is 0 Å². The SMILES string of the molecule is Cc1ccc(-c2sc(-c3ccccc3)nc2CC(=O)NC2CC(C)(C)NC(C)(C)C2)cc1. The van der Waals surface area contributed by atoms with Gasteiger partial charge in [0.1, 0.15) is 5.01 Å². The molecule has 0 bridgehead atoms. The van der Waals surface area contributed by atoms with Crippen LogP contribution in [0.25, 0.3) is 21.0 Å². The minimum atomic E-state index is -0.00609. The number of thiazole rings is 1. The standard InChI is InChI=1S/C27H33N3OS/c1-18-11-13-19(14-12-18)24-22(29-25(32-24)20-9-7-6-8-10-20)15-23(31)28-21-16-26(2,3)30-27(4,5)17-21/h6-14,21,30H,15-17H2,1-5H3,(H,28,31). The average Bonchev–Trinajstić information content (AvgIpc) is 3.10. The molecule has 0 unspecified atom stereocenters. The lowest BCUT2D eigenvalue weighted by Crippen LogP contribution is -2.62. The highest BCUT2D eigenvalue weighted by molar-refractivity contribution is 7.18. The first kappa shape index (κ1) is 22.7. The Bertz CT molecular complexity index is 1070. The lowest BCUT2D eigenvalue weighted by atomic mass is 9.79. The van der Waals surface area contributed by atoms with Crippen molar-refractivity contribution in [1.82, 2.24) is 15.6 Å². The van der Waals surface area contributed by atoms with E-state index in [1.165, 1.54) is 5.56 Å². The van der Waals surface area contributed by atoms with E-state index < -0.39 is 0 Å². The summed E-state index contributed by atoms with van der Waals surface area (Å²) in [5.41, 5.74) is 4.25. The molecule has 168 valence electrons. The zero-order valence-electron chi connectivity index (χ0n) is 19.7. The summed E-state index contributed by atoms with van der Waals surface area (Å²) in [4.78, 5) is 19.1. The third-order valence-corrected chi connectivity index (χ3v) is 7.11. The molecule has 32 heavy (non-hydrogen) atoms. The smallest absolute Gasteiger partial charge is 0.226 e. The number of hydrogen-bond acceptors (Lipinski definition) is 4. The number of benzene rings is 2. The van der Waals surface area contributed by atoms with Crippen LogP contribution in [0.5, 0.6) is 0 Å². The Labute approximate surface area is 195 Å². The Hall–Kier alpha value is -2.50. The Morgan fingerprint density at radius 1 is 1.00 bits per heavy atom. The van der Waals surface area contributed by atoms with Gasteiger partial charge in [-0.2, -0.15) is 0 Å². The molecule has 0 saturated carbocycles. The number of aryl methyl sites for hydroxylation is 1. The van der Waals surface area contributed by atoms with Gasteiger partial charge in [0, 0.05) is 22.7 Å². The summed E-state index contributed by atoms with van der Waals surface area (Å²) in [6.45, 7) is 10.9. The summed E-state index contributed by atoms with van der Waals surface area (Å²) in [6, 6.07) is 18.8. The second-order valence-corrected chi connectivity index (χ2v) is 11.3. The maximum Gasteiger partial charge on any atom is 0.226 e. The van der Waals surface area contributed by atoms with Crippen LogP contribution in [0.3, 0.4) is 0 Å². The van der Waals surface area contributed by atoms with Crippen molar-refractivity contribution in [3.8, 4) is 21.0 Å². The van der Waals surface area contributed by atoms with Crippen molar-refractivity contribution in [2.45, 2.75) is 71.0 Å². The maximum absolute atomic E-state index is 13.1. The Morgan fingerprint density at radius 2 is 1.62 bits per heavy atom. The Balaban J connectivity index is 1.58. The van der Waals surface area contributed by atoms with E-state index in [0.717, 1.165) is 39.5 Å². The fourth-order valence-corrected chi connectivity index (χ4v) is 6.05. The number of carbonyl (C=O) groups is 1. The molecular formula is C27H33N3OS. The van der Waals surface area contributed by atoms with Crippen molar-refractivity contribution in [2.24, 2.45) is 0 Å². The molecule has 0 radical (unpaired) electrons. The molecule has 1 saturated heterocycles. The van der Waals surface area contributed by atoms with Gasteiger partial charge in [0.15, 0.2) is 0 Å². The summed E-state index contributed by atoms with van der Waals surface area (Å²) < 4.78 is 0. The maximum atomic E-state index is 13.1. The number of carbonyl (C=O) groups excluding carboxylic acids is 1. The van der Waals surface area contributed by atoms with Crippen LogP contribution in [-0.2, 0) is 11.2 Å². The van der Waals surface area contributed by atoms with Crippen molar-refractivity contribution in [2.75, 3.05) is 0 Å². The molecule has 2 aromatic carbocycles. The quantitative estimate of drug-likeness (QED) is 0.523. The predicted molar refractivity (Wildman–Crippen MR) is 134 cm³/mol. The molecule has 1 amide bonds. The van der Waals surface area contributed by atoms with Gasteiger partial charge in [0.25, 0.3) is 0 Å². The van der Waals surface area contributed by atoms with Crippen molar-refractivity contribution >= 4 is 17.2 Å². The average molecular weight is 448 g/mol. The van der Waals surface area contributed by atoms with Crippen LogP contribution in [0.1, 0.15) is 51.8 Å². The summed E-state index contributed by atoms with van der Waals surface area (Å²) >= 11 is 1.66. The summed E-state index contributed by atoms with van der Waals surface area (Å²) in [7, 11) is 0. The van der Waals surface area contributed by atoms with E-state index in [4.69, 9.17) is 4.98 Å². The molecular weight excluding hydrogens is 414 g/mol. The van der Waals surface area contributed by atoms with Gasteiger partial charge >= 0.3 is 0 Å². The van der Waals surface area contributed by atoms with Crippen LogP contribution in [0.2, 0.25) is 0 Å². The largest absolute Gasteiger partial charge is 0.353 e. The van der Waals surface area contributed by atoms with Crippen LogP contribution < -0.4 is 10.6 Å². The van der Waals surface area contributed by atoms with Gasteiger partial charge in [-0.25, -0.2) is 4.98 Å². The van der Waals surface area contributed by atoms with Gasteiger partial charge in [0.05, 0.1) is 17.0 Å². The molecule has 1 aliphatic heterocycles. The molecule has 1 aromatic heterocycles. The molecule has 1 aliphatic rings. The molecule has 5 heteroatoms. The van der Waals surface area contributed by atoms with E-state index >= 15 is 0 Å². The van der Waals surface area contributed by atoms with Crippen molar-refractivity contribution < 1.29 is 4.79 Å². The van der Waals surface area contributed by atoms with Gasteiger partial charge in [-0.05, 0) is 53.0 Å². The van der Waals surface area contributed by atoms with E-state index in [-0.39, 0.29) is 29.4 Å². The minimum absolute atomic E-state index is 0.00609. The molecule has 2 N–H and O–H groups in total. The summed E-state index contributed by atoms with van der Waals surface area (Å²) in [6.07, 6.45) is 2.12. The first-order valence-corrected chi connectivity index (χ1v) is 12.1. The normalized spacial score (nSPS) is 17.8. The van der Waals surface area contributed by atoms with Crippen molar-refractivity contribution in [1.29, 1.82) is 0 Å². The number of nitrogens with zero attached hydrogens (tertiary/aromatic N) is 1. The van der Waals surface area contributed by atoms with E-state index in [9.17, 15) is 4.79 Å². The molecule has 4 nitrogen and oxygen atoms in total. The highest BCUT2D eigenvalue weighted by Gasteiger charge is 2.38. The lowest BCUT2D eigenvalue weighted by Gasteiger charge is -2.46. The number of hydrogen-bond donors (Lipinski definition) is 2.